The number of halogens is 6. The predicted molar refractivity (Wildman–Crippen MR) is 101 cm³/mol. The minimum absolute atomic E-state index is 0. The number of aliphatic hydroxyl groups excluding tert-OH is 1. The Kier molecular flexibility index (Phi) is 8.48. The normalized spacial score (nSPS) is 20.5. The molecule has 0 radical (unpaired) electrons. The van der Waals surface area contributed by atoms with E-state index in [2.05, 4.69) is 10.3 Å². The van der Waals surface area contributed by atoms with Gasteiger partial charge in [-0.1, -0.05) is 11.6 Å². The average molecular weight is 435 g/mol. The molecule has 1 saturated heterocycles. The Bertz CT molecular complexity index is 724. The van der Waals surface area contributed by atoms with Gasteiger partial charge < -0.3 is 15.0 Å². The summed E-state index contributed by atoms with van der Waals surface area (Å²) >= 11 is 5.99. The summed E-state index contributed by atoms with van der Waals surface area (Å²) in [5.41, 5.74) is -0.0877. The minimum Gasteiger partial charge on any atom is -0.392 e. The van der Waals surface area contributed by atoms with E-state index >= 15 is 0 Å². The van der Waals surface area contributed by atoms with Crippen LogP contribution in [0.3, 0.4) is 0 Å². The van der Waals surface area contributed by atoms with Crippen molar-refractivity contribution >= 4 is 47.4 Å². The van der Waals surface area contributed by atoms with Gasteiger partial charge in [0.2, 0.25) is 0 Å². The lowest BCUT2D eigenvalue weighted by Gasteiger charge is -2.29. The van der Waals surface area contributed by atoms with Crippen molar-refractivity contribution < 1.29 is 18.3 Å². The maximum atomic E-state index is 13.0. The lowest BCUT2D eigenvalue weighted by molar-refractivity contribution is -0.137. The van der Waals surface area contributed by atoms with E-state index in [1.54, 1.807) is 4.57 Å². The molecule has 0 aliphatic carbocycles. The number of aryl methyl sites for hydroxylation is 1. The number of nitrogens with one attached hydrogen (secondary N) is 1. The fourth-order valence-corrected chi connectivity index (χ4v) is 3.60. The molecule has 0 bridgehead atoms. The van der Waals surface area contributed by atoms with Crippen LogP contribution in [0.4, 0.5) is 13.2 Å². The first-order valence-electron chi connectivity index (χ1n) is 8.00. The van der Waals surface area contributed by atoms with Crippen LogP contribution < -0.4 is 5.32 Å². The van der Waals surface area contributed by atoms with Gasteiger partial charge in [0.25, 0.3) is 0 Å². The molecule has 2 aromatic rings. The van der Waals surface area contributed by atoms with Crippen LogP contribution >= 0.6 is 36.4 Å². The molecule has 2 heterocycles. The van der Waals surface area contributed by atoms with Crippen molar-refractivity contribution in [1.29, 1.82) is 0 Å². The van der Waals surface area contributed by atoms with Crippen molar-refractivity contribution in [2.24, 2.45) is 0 Å². The summed E-state index contributed by atoms with van der Waals surface area (Å²) in [6, 6.07) is 2.34. The summed E-state index contributed by atoms with van der Waals surface area (Å²) in [5.74, 6) is 0. The summed E-state index contributed by atoms with van der Waals surface area (Å²) in [4.78, 5) is 4.13. The molecule has 4 nitrogen and oxygen atoms in total. The number of aliphatic hydroxyl groups is 1. The van der Waals surface area contributed by atoms with Gasteiger partial charge in [0.15, 0.2) is 0 Å². The highest BCUT2D eigenvalue weighted by molar-refractivity contribution is 6.35. The van der Waals surface area contributed by atoms with Crippen LogP contribution in [0.25, 0.3) is 11.0 Å². The molecule has 1 aromatic carbocycles. The summed E-state index contributed by atoms with van der Waals surface area (Å²) in [6.45, 7) is 1.39. The molecule has 2 N–H and O–H groups in total. The zero-order valence-electron chi connectivity index (χ0n) is 13.8. The number of nitrogens with zero attached hydrogens (tertiary/aromatic N) is 2. The molecule has 0 amide bonds. The molecular weight excluding hydrogens is 414 g/mol. The lowest BCUT2D eigenvalue weighted by atomic mass is 9.97. The second-order valence-corrected chi connectivity index (χ2v) is 6.52. The van der Waals surface area contributed by atoms with Gasteiger partial charge in [-0.15, -0.1) is 24.8 Å². The topological polar surface area (TPSA) is 50.1 Å². The van der Waals surface area contributed by atoms with Crippen LogP contribution in [0, 0.1) is 0 Å². The molecular formula is C16H21Cl3F3N3O. The molecule has 3 rings (SSSR count). The van der Waals surface area contributed by atoms with Gasteiger partial charge in [-0.25, -0.2) is 4.98 Å². The monoisotopic (exact) mass is 433 g/mol. The molecule has 1 aliphatic rings. The Morgan fingerprint density at radius 3 is 2.69 bits per heavy atom. The first-order valence-corrected chi connectivity index (χ1v) is 8.37. The molecule has 0 spiro atoms. The Labute approximate surface area is 166 Å². The first kappa shape index (κ1) is 23.3. The Morgan fingerprint density at radius 1 is 1.31 bits per heavy atom. The number of aromatic nitrogens is 2. The number of hydrogen-bond donors (Lipinski definition) is 2. The average Bonchev–Trinajstić information content (AvgIpc) is 2.92. The molecule has 1 aliphatic heterocycles. The van der Waals surface area contributed by atoms with E-state index < -0.39 is 11.7 Å². The van der Waals surface area contributed by atoms with E-state index in [4.69, 9.17) is 11.6 Å². The van der Waals surface area contributed by atoms with Gasteiger partial charge >= 0.3 is 6.18 Å². The highest BCUT2D eigenvalue weighted by Gasteiger charge is 2.34. The summed E-state index contributed by atoms with van der Waals surface area (Å²) < 4.78 is 40.7. The van der Waals surface area contributed by atoms with E-state index in [-0.39, 0.29) is 42.0 Å². The highest BCUT2D eigenvalue weighted by Crippen LogP contribution is 2.38. The number of fused-ring (bicyclic) bond motifs is 1. The quantitative estimate of drug-likeness (QED) is 0.748. The van der Waals surface area contributed by atoms with Crippen LogP contribution in [0.2, 0.25) is 5.02 Å². The number of rotatable bonds is 4. The Morgan fingerprint density at radius 2 is 2.04 bits per heavy atom. The van der Waals surface area contributed by atoms with Gasteiger partial charge in [-0.05, 0) is 44.4 Å². The molecule has 1 aromatic heterocycles. The Hall–Kier alpha value is -0.730. The highest BCUT2D eigenvalue weighted by atomic mass is 35.5. The molecule has 10 heteroatoms. The van der Waals surface area contributed by atoms with Crippen molar-refractivity contribution in [2.75, 3.05) is 6.54 Å². The number of piperidine rings is 1. The van der Waals surface area contributed by atoms with Crippen LogP contribution in [0.1, 0.15) is 31.2 Å². The van der Waals surface area contributed by atoms with Crippen LogP contribution in [-0.4, -0.2) is 33.3 Å². The minimum atomic E-state index is -4.49. The first-order chi connectivity index (χ1) is 11.4. The second kappa shape index (κ2) is 9.46. The van der Waals surface area contributed by atoms with Gasteiger partial charge in [0, 0.05) is 12.6 Å². The summed E-state index contributed by atoms with van der Waals surface area (Å²) in [5, 5.41) is 12.9. The van der Waals surface area contributed by atoms with Gasteiger partial charge in [-0.2, -0.15) is 13.2 Å². The van der Waals surface area contributed by atoms with Crippen molar-refractivity contribution in [3.63, 3.8) is 0 Å². The third-order valence-corrected chi connectivity index (χ3v) is 4.87. The third-order valence-electron chi connectivity index (χ3n) is 4.49. The molecule has 26 heavy (non-hydrogen) atoms. The maximum Gasteiger partial charge on any atom is 0.417 e. The van der Waals surface area contributed by atoms with Gasteiger partial charge in [-0.3, -0.25) is 0 Å². The molecule has 0 saturated carbocycles. The molecule has 2 atom stereocenters. The largest absolute Gasteiger partial charge is 0.417 e. The predicted octanol–water partition coefficient (Wildman–Crippen LogP) is 4.45. The number of hydrogen-bond acceptors (Lipinski definition) is 3. The molecule has 1 fully saturated rings. The van der Waals surface area contributed by atoms with E-state index in [1.807, 2.05) is 0 Å². The maximum absolute atomic E-state index is 13.0. The van der Waals surface area contributed by atoms with Crippen LogP contribution in [0.5, 0.6) is 0 Å². The fraction of sp³-hybridized carbons (Fsp3) is 0.562. The fourth-order valence-electron chi connectivity index (χ4n) is 3.22. The van der Waals surface area contributed by atoms with E-state index in [0.717, 1.165) is 31.9 Å². The van der Waals surface area contributed by atoms with Crippen molar-refractivity contribution in [1.82, 2.24) is 14.9 Å². The summed E-state index contributed by atoms with van der Waals surface area (Å²) in [7, 11) is 0. The smallest absolute Gasteiger partial charge is 0.392 e. The van der Waals surface area contributed by atoms with Crippen LogP contribution in [0.15, 0.2) is 18.5 Å². The third kappa shape index (κ3) is 4.95. The zero-order chi connectivity index (χ0) is 17.3. The standard InChI is InChI=1S/C16H19ClF3N3O.2ClH/c17-14-10(16(18,19)20)5-6-12-15(14)23(9-22-12)8-2-3-11-13(24)4-1-7-21-11;;/h5-6,9,11,13,21,24H,1-4,7-8H2;2*1H/t11-,13+;;/m1../s1. The van der Waals surface area contributed by atoms with Gasteiger partial charge in [0.1, 0.15) is 0 Å². The van der Waals surface area contributed by atoms with Crippen molar-refractivity contribution in [3.05, 3.63) is 29.0 Å². The molecule has 0 unspecified atom stereocenters. The van der Waals surface area contributed by atoms with E-state index in [9.17, 15) is 18.3 Å². The number of alkyl halides is 3. The Balaban J connectivity index is 0.00000169. The van der Waals surface area contributed by atoms with E-state index in [0.29, 0.717) is 24.0 Å². The van der Waals surface area contributed by atoms with Crippen molar-refractivity contribution in [2.45, 2.75) is 50.6 Å². The second-order valence-electron chi connectivity index (χ2n) is 6.14. The van der Waals surface area contributed by atoms with Crippen LogP contribution in [-0.2, 0) is 12.7 Å². The SMILES string of the molecule is Cl.Cl.O[C@H]1CCCN[C@@H]1CCCn1cnc2ccc(C(F)(F)F)c(Cl)c21. The molecule has 148 valence electrons. The van der Waals surface area contributed by atoms with E-state index in [1.165, 1.54) is 12.4 Å². The van der Waals surface area contributed by atoms with Gasteiger partial charge in [0.05, 0.1) is 34.1 Å². The van der Waals surface area contributed by atoms with Crippen molar-refractivity contribution in [3.8, 4) is 0 Å². The lowest BCUT2D eigenvalue weighted by Crippen LogP contribution is -2.44. The zero-order valence-corrected chi connectivity index (χ0v) is 16.2. The number of benzene rings is 1. The number of imidazole rings is 1. The summed E-state index contributed by atoms with van der Waals surface area (Å²) in [6.07, 6.45) is -0.132.